The molecule has 2 heterocycles. The van der Waals surface area contributed by atoms with E-state index in [1.165, 1.54) is 18.3 Å². The molecule has 45 heavy (non-hydrogen) atoms. The third-order valence-electron chi connectivity index (χ3n) is 7.29. The predicted molar refractivity (Wildman–Crippen MR) is 167 cm³/mol. The number of anilines is 1. The van der Waals surface area contributed by atoms with E-state index in [-0.39, 0.29) is 5.91 Å². The van der Waals surface area contributed by atoms with Crippen LogP contribution in [0.25, 0.3) is 22.0 Å². The second-order valence-corrected chi connectivity index (χ2v) is 10.3. The van der Waals surface area contributed by atoms with Crippen molar-refractivity contribution in [3.63, 3.8) is 0 Å². The highest BCUT2D eigenvalue weighted by Gasteiger charge is 2.30. The van der Waals surface area contributed by atoms with Crippen molar-refractivity contribution in [3.8, 4) is 11.1 Å². The lowest BCUT2D eigenvalue weighted by atomic mass is 9.98. The fourth-order valence-corrected chi connectivity index (χ4v) is 5.03. The van der Waals surface area contributed by atoms with Crippen molar-refractivity contribution in [2.24, 2.45) is 0 Å². The largest absolute Gasteiger partial charge is 0.416 e. The van der Waals surface area contributed by atoms with Crippen molar-refractivity contribution in [3.05, 3.63) is 162 Å². The Kier molecular flexibility index (Phi) is 8.07. The minimum atomic E-state index is -4.45. The van der Waals surface area contributed by atoms with Crippen molar-refractivity contribution in [1.29, 1.82) is 0 Å². The first-order chi connectivity index (χ1) is 21.8. The molecule has 222 valence electrons. The fraction of sp³-hybridized carbons (Fsp3) is 0.0556. The van der Waals surface area contributed by atoms with Crippen molar-refractivity contribution >= 4 is 28.4 Å². The molecule has 2 aromatic heterocycles. The maximum absolute atomic E-state index is 13.3. The average Bonchev–Trinajstić information content (AvgIpc) is 3.07. The van der Waals surface area contributed by atoms with E-state index in [0.717, 1.165) is 17.7 Å². The van der Waals surface area contributed by atoms with Crippen LogP contribution in [-0.4, -0.2) is 21.8 Å². The Morgan fingerprint density at radius 2 is 1.44 bits per heavy atom. The quantitative estimate of drug-likeness (QED) is 0.194. The van der Waals surface area contributed by atoms with Crippen LogP contribution >= 0.6 is 0 Å². The molecule has 0 bridgehead atoms. The molecule has 0 saturated heterocycles. The Morgan fingerprint density at radius 3 is 2.18 bits per heavy atom. The molecule has 0 spiro atoms. The van der Waals surface area contributed by atoms with Gasteiger partial charge in [-0.25, -0.2) is 0 Å². The molecule has 4 aromatic carbocycles. The van der Waals surface area contributed by atoms with Gasteiger partial charge in [0, 0.05) is 29.0 Å². The van der Waals surface area contributed by atoms with Crippen molar-refractivity contribution < 1.29 is 22.8 Å². The number of rotatable bonds is 7. The summed E-state index contributed by atoms with van der Waals surface area (Å²) >= 11 is 0. The van der Waals surface area contributed by atoms with Crippen LogP contribution in [0, 0.1) is 0 Å². The van der Waals surface area contributed by atoms with Gasteiger partial charge in [-0.1, -0.05) is 72.8 Å². The zero-order chi connectivity index (χ0) is 31.4. The maximum atomic E-state index is 13.3. The van der Waals surface area contributed by atoms with E-state index < -0.39 is 23.7 Å². The molecule has 0 saturated carbocycles. The van der Waals surface area contributed by atoms with E-state index >= 15 is 0 Å². The molecule has 0 aliphatic carbocycles. The summed E-state index contributed by atoms with van der Waals surface area (Å²) in [6.07, 6.45) is -1.29. The van der Waals surface area contributed by atoms with Crippen LogP contribution in [0.1, 0.15) is 43.6 Å². The zero-order valence-electron chi connectivity index (χ0n) is 23.6. The first kappa shape index (κ1) is 29.3. The Balaban J connectivity index is 1.20. The summed E-state index contributed by atoms with van der Waals surface area (Å²) < 4.78 is 39.1. The third-order valence-corrected chi connectivity index (χ3v) is 7.29. The second kappa shape index (κ2) is 12.4. The number of nitrogens with zero attached hydrogens (tertiary/aromatic N) is 2. The summed E-state index contributed by atoms with van der Waals surface area (Å²) in [6, 6.07) is 32.9. The number of carbonyl (C=O) groups excluding carboxylic acids is 2. The first-order valence-corrected chi connectivity index (χ1v) is 14.0. The van der Waals surface area contributed by atoms with Gasteiger partial charge in [0.15, 0.2) is 0 Å². The van der Waals surface area contributed by atoms with E-state index in [1.807, 2.05) is 48.5 Å². The molecule has 0 radical (unpaired) electrons. The van der Waals surface area contributed by atoms with Crippen LogP contribution in [0.3, 0.4) is 0 Å². The lowest BCUT2D eigenvalue weighted by molar-refractivity contribution is -0.137. The lowest BCUT2D eigenvalue weighted by Crippen LogP contribution is -2.30. The number of benzene rings is 4. The van der Waals surface area contributed by atoms with Gasteiger partial charge in [-0.05, 0) is 65.2 Å². The number of hydrogen-bond donors (Lipinski definition) is 2. The highest BCUT2D eigenvalue weighted by atomic mass is 19.4. The first-order valence-electron chi connectivity index (χ1n) is 14.0. The summed E-state index contributed by atoms with van der Waals surface area (Å²) in [4.78, 5) is 35.5. The van der Waals surface area contributed by atoms with E-state index in [4.69, 9.17) is 0 Å². The molecular weight excluding hydrogens is 577 g/mol. The molecule has 6 nitrogen and oxygen atoms in total. The van der Waals surface area contributed by atoms with E-state index in [0.29, 0.717) is 44.5 Å². The van der Waals surface area contributed by atoms with Crippen LogP contribution in [0.2, 0.25) is 0 Å². The summed E-state index contributed by atoms with van der Waals surface area (Å²) in [7, 11) is 0. The Morgan fingerprint density at radius 1 is 0.711 bits per heavy atom. The van der Waals surface area contributed by atoms with Gasteiger partial charge in [0.2, 0.25) is 0 Å². The molecule has 0 fully saturated rings. The maximum Gasteiger partial charge on any atom is 0.416 e. The van der Waals surface area contributed by atoms with Crippen LogP contribution in [0.5, 0.6) is 0 Å². The zero-order valence-corrected chi connectivity index (χ0v) is 23.6. The number of pyridine rings is 2. The molecule has 1 atom stereocenters. The summed E-state index contributed by atoms with van der Waals surface area (Å²) in [5.74, 6) is -0.747. The van der Waals surface area contributed by atoms with Crippen LogP contribution in [0.4, 0.5) is 18.9 Å². The van der Waals surface area contributed by atoms with Gasteiger partial charge >= 0.3 is 6.18 Å². The second-order valence-electron chi connectivity index (χ2n) is 10.3. The Labute approximate surface area is 256 Å². The van der Waals surface area contributed by atoms with Crippen molar-refractivity contribution in [1.82, 2.24) is 15.3 Å². The Bertz CT molecular complexity index is 1940. The molecule has 9 heteroatoms. The van der Waals surface area contributed by atoms with Gasteiger partial charge in [0.05, 0.1) is 28.4 Å². The van der Waals surface area contributed by atoms with E-state index in [1.54, 1.807) is 54.7 Å². The average molecular weight is 603 g/mol. The summed E-state index contributed by atoms with van der Waals surface area (Å²) in [6.45, 7) is 0. The number of carbonyl (C=O) groups is 2. The highest BCUT2D eigenvalue weighted by Crippen LogP contribution is 2.32. The normalized spacial score (nSPS) is 12.0. The van der Waals surface area contributed by atoms with Gasteiger partial charge in [0.1, 0.15) is 0 Å². The third kappa shape index (κ3) is 6.57. The number of fused-ring (bicyclic) bond motifs is 1. The molecule has 0 unspecified atom stereocenters. The summed E-state index contributed by atoms with van der Waals surface area (Å²) in [5, 5.41) is 6.61. The smallest absolute Gasteiger partial charge is 0.339 e. The van der Waals surface area contributed by atoms with Crippen LogP contribution < -0.4 is 10.6 Å². The molecule has 0 aliphatic heterocycles. The molecule has 6 rings (SSSR count). The highest BCUT2D eigenvalue weighted by molar-refractivity contribution is 6.09. The molecule has 0 aliphatic rings. The van der Waals surface area contributed by atoms with E-state index in [2.05, 4.69) is 20.6 Å². The minimum Gasteiger partial charge on any atom is -0.339 e. The monoisotopic (exact) mass is 602 g/mol. The molecule has 2 amide bonds. The SMILES string of the molecule is O=C(N[C@H](c1ccccc1)c1ccccn1)c1cnc2cc(NC(=O)c3ccccc3-c3ccc(C(F)(F)F)cc3)ccc2c1. The number of nitrogens with one attached hydrogen (secondary N) is 2. The number of alkyl halides is 3. The minimum absolute atomic E-state index is 0.304. The van der Waals surface area contributed by atoms with Crippen molar-refractivity contribution in [2.75, 3.05) is 5.32 Å². The van der Waals surface area contributed by atoms with Crippen molar-refractivity contribution in [2.45, 2.75) is 12.2 Å². The van der Waals surface area contributed by atoms with Crippen LogP contribution in [0.15, 0.2) is 134 Å². The predicted octanol–water partition coefficient (Wildman–Crippen LogP) is 8.09. The number of hydrogen-bond acceptors (Lipinski definition) is 4. The van der Waals surface area contributed by atoms with Gasteiger partial charge < -0.3 is 10.6 Å². The van der Waals surface area contributed by atoms with E-state index in [9.17, 15) is 22.8 Å². The molecular formula is C36H25F3N4O2. The number of amides is 2. The molecule has 2 N–H and O–H groups in total. The number of aromatic nitrogens is 2. The van der Waals surface area contributed by atoms with Crippen LogP contribution in [-0.2, 0) is 6.18 Å². The lowest BCUT2D eigenvalue weighted by Gasteiger charge is -2.19. The van der Waals surface area contributed by atoms with Gasteiger partial charge in [0.25, 0.3) is 11.8 Å². The Hall–Kier alpha value is -5.83. The van der Waals surface area contributed by atoms with Gasteiger partial charge in [-0.3, -0.25) is 19.6 Å². The number of halogens is 3. The van der Waals surface area contributed by atoms with Gasteiger partial charge in [-0.2, -0.15) is 13.2 Å². The standard InChI is InChI=1S/C36H25F3N4O2/c37-36(38,39)27-16-13-23(14-17-27)29-10-4-5-11-30(29)35(45)42-28-18-15-25-20-26(22-41-32(25)21-28)34(44)43-33(24-8-2-1-3-9-24)31-12-6-7-19-40-31/h1-22,33H,(H,42,45)(H,43,44)/t33-/m1/s1. The van der Waals surface area contributed by atoms with Gasteiger partial charge in [-0.15, -0.1) is 0 Å². The molecule has 6 aromatic rings. The topological polar surface area (TPSA) is 84.0 Å². The summed E-state index contributed by atoms with van der Waals surface area (Å²) in [5.41, 5.74) is 3.50. The fourth-order valence-electron chi connectivity index (χ4n) is 5.03.